The van der Waals surface area contributed by atoms with Crippen LogP contribution in [0.2, 0.25) is 5.31 Å². The van der Waals surface area contributed by atoms with Crippen LogP contribution in [0.1, 0.15) is 12.0 Å². The quantitative estimate of drug-likeness (QED) is 0.351. The van der Waals surface area contributed by atoms with E-state index in [0.29, 0.717) is 0 Å². The smallest absolute Gasteiger partial charge is 0.322 e. The molecule has 0 saturated carbocycles. The lowest BCUT2D eigenvalue weighted by molar-refractivity contribution is -0.136. The molecule has 1 aliphatic rings. The first-order valence-electron chi connectivity index (χ1n) is 6.57. The van der Waals surface area contributed by atoms with Crippen molar-refractivity contribution in [1.82, 2.24) is 5.48 Å². The SMILES string of the molecule is [B]C([B])(O)C1(CC(=O)NOCc2ccccc2)B(O)C1([B])O. The Bertz CT molecular complexity index is 538. The van der Waals surface area contributed by atoms with Gasteiger partial charge in [-0.2, -0.15) is 0 Å². The molecule has 6 nitrogen and oxygen atoms in total. The van der Waals surface area contributed by atoms with E-state index in [-0.39, 0.29) is 6.61 Å². The molecule has 1 aromatic carbocycles. The molecule has 22 heavy (non-hydrogen) atoms. The molecule has 108 valence electrons. The maximum absolute atomic E-state index is 11.8. The van der Waals surface area contributed by atoms with E-state index in [0.717, 1.165) is 5.56 Å². The Hall–Kier alpha value is -1.21. The van der Waals surface area contributed by atoms with Crippen molar-refractivity contribution in [2.45, 2.75) is 29.1 Å². The van der Waals surface area contributed by atoms with Crippen molar-refractivity contribution >= 4 is 36.4 Å². The molecule has 1 saturated heterocycles. The Morgan fingerprint density at radius 3 is 2.36 bits per heavy atom. The average Bonchev–Trinajstić information content (AvgIpc) is 2.86. The van der Waals surface area contributed by atoms with Gasteiger partial charge < -0.3 is 15.2 Å². The lowest BCUT2D eigenvalue weighted by atomic mass is 9.49. The summed E-state index contributed by atoms with van der Waals surface area (Å²) >= 11 is 0. The van der Waals surface area contributed by atoms with Crippen LogP contribution in [0.5, 0.6) is 0 Å². The normalized spacial score (nSPS) is 27.5. The van der Waals surface area contributed by atoms with Gasteiger partial charge in [0.05, 0.1) is 22.3 Å². The number of aliphatic hydroxyl groups is 2. The first-order chi connectivity index (χ1) is 10.1. The third-order valence-corrected chi connectivity index (χ3v) is 3.94. The molecule has 1 amide bonds. The van der Waals surface area contributed by atoms with Gasteiger partial charge in [-0.25, -0.2) is 5.48 Å². The first kappa shape index (κ1) is 17.1. The van der Waals surface area contributed by atoms with Gasteiger partial charge in [0.15, 0.2) is 0 Å². The molecule has 10 heteroatoms. The number of benzene rings is 1. The van der Waals surface area contributed by atoms with Crippen LogP contribution in [-0.4, -0.2) is 62.4 Å². The minimum Gasteiger partial charge on any atom is -0.448 e. The molecular formula is C12H13B4NO5. The second kappa shape index (κ2) is 5.77. The van der Waals surface area contributed by atoms with E-state index in [9.17, 15) is 20.0 Å². The van der Waals surface area contributed by atoms with Crippen LogP contribution in [0.4, 0.5) is 0 Å². The highest BCUT2D eigenvalue weighted by Gasteiger charge is 2.81. The molecule has 2 atom stereocenters. The topological polar surface area (TPSA) is 99.0 Å². The third-order valence-electron chi connectivity index (χ3n) is 3.94. The average molecular weight is 294 g/mol. The van der Waals surface area contributed by atoms with Crippen LogP contribution in [0.25, 0.3) is 0 Å². The van der Waals surface area contributed by atoms with Crippen molar-refractivity contribution in [1.29, 1.82) is 0 Å². The van der Waals surface area contributed by atoms with E-state index < -0.39 is 35.4 Å². The van der Waals surface area contributed by atoms with Crippen LogP contribution in [0, 0.1) is 0 Å². The van der Waals surface area contributed by atoms with E-state index in [1.807, 2.05) is 18.2 Å². The van der Waals surface area contributed by atoms with Gasteiger partial charge in [0.25, 0.3) is 0 Å². The van der Waals surface area contributed by atoms with Crippen LogP contribution < -0.4 is 5.48 Å². The number of hydrogen-bond acceptors (Lipinski definition) is 5. The number of hydroxylamine groups is 1. The summed E-state index contributed by atoms with van der Waals surface area (Å²) in [4.78, 5) is 16.8. The molecule has 6 radical (unpaired) electrons. The summed E-state index contributed by atoms with van der Waals surface area (Å²) in [5.41, 5.74) is 2.95. The predicted molar refractivity (Wildman–Crippen MR) is 81.8 cm³/mol. The van der Waals surface area contributed by atoms with Crippen LogP contribution in [-0.2, 0) is 16.2 Å². The fraction of sp³-hybridized carbons (Fsp3) is 0.417. The Labute approximate surface area is 132 Å². The van der Waals surface area contributed by atoms with Crippen molar-refractivity contribution in [2.75, 3.05) is 0 Å². The summed E-state index contributed by atoms with van der Waals surface area (Å²) in [5, 5.41) is 22.4. The summed E-state index contributed by atoms with van der Waals surface area (Å²) in [6.45, 7) is -1.52. The van der Waals surface area contributed by atoms with E-state index in [4.69, 9.17) is 28.4 Å². The number of carbonyl (C=O) groups is 1. The minimum atomic E-state index is -2.54. The highest BCUT2D eigenvalue weighted by molar-refractivity contribution is 6.84. The first-order valence-corrected chi connectivity index (χ1v) is 6.57. The Kier molecular flexibility index (Phi) is 4.50. The molecule has 0 spiro atoms. The van der Waals surface area contributed by atoms with Crippen molar-refractivity contribution in [3.8, 4) is 0 Å². The van der Waals surface area contributed by atoms with Gasteiger partial charge in [-0.1, -0.05) is 30.3 Å². The monoisotopic (exact) mass is 295 g/mol. The van der Waals surface area contributed by atoms with Crippen LogP contribution in [0.3, 0.4) is 0 Å². The number of hydrogen-bond donors (Lipinski definition) is 4. The van der Waals surface area contributed by atoms with Crippen molar-refractivity contribution in [3.63, 3.8) is 0 Å². The Morgan fingerprint density at radius 1 is 1.36 bits per heavy atom. The zero-order valence-electron chi connectivity index (χ0n) is 11.8. The third kappa shape index (κ3) is 2.84. The fourth-order valence-corrected chi connectivity index (χ4v) is 2.50. The van der Waals surface area contributed by atoms with Gasteiger partial charge in [-0.15, -0.1) is 0 Å². The molecule has 2 unspecified atom stereocenters. The zero-order chi connectivity index (χ0) is 16.6. The van der Waals surface area contributed by atoms with Crippen molar-refractivity contribution in [2.24, 2.45) is 0 Å². The van der Waals surface area contributed by atoms with Gasteiger partial charge in [-0.3, -0.25) is 9.63 Å². The Balaban J connectivity index is 1.91. The lowest BCUT2D eigenvalue weighted by Crippen LogP contribution is -2.44. The highest BCUT2D eigenvalue weighted by atomic mass is 16.6. The summed E-state index contributed by atoms with van der Waals surface area (Å²) < 4.78 is 0. The van der Waals surface area contributed by atoms with E-state index in [1.54, 1.807) is 12.1 Å². The van der Waals surface area contributed by atoms with Gasteiger partial charge in [0.1, 0.15) is 7.85 Å². The zero-order valence-corrected chi connectivity index (χ0v) is 11.8. The van der Waals surface area contributed by atoms with Gasteiger partial charge >= 0.3 is 6.92 Å². The number of carbonyl (C=O) groups excluding carboxylic acids is 1. The summed E-state index contributed by atoms with van der Waals surface area (Å²) in [6, 6.07) is 9.07. The van der Waals surface area contributed by atoms with Gasteiger partial charge in [-0.05, 0) is 11.0 Å². The molecule has 2 rings (SSSR count). The number of rotatable bonds is 6. The van der Waals surface area contributed by atoms with Gasteiger partial charge in [0.2, 0.25) is 5.91 Å². The summed E-state index contributed by atoms with van der Waals surface area (Å²) in [6.07, 6.45) is -0.612. The second-order valence-corrected chi connectivity index (χ2v) is 5.50. The maximum atomic E-state index is 11.8. The minimum absolute atomic E-state index is 0.116. The van der Waals surface area contributed by atoms with Crippen molar-refractivity contribution < 1.29 is 24.9 Å². The highest BCUT2D eigenvalue weighted by Crippen LogP contribution is 2.65. The van der Waals surface area contributed by atoms with E-state index >= 15 is 0 Å². The molecular weight excluding hydrogens is 281 g/mol. The fourth-order valence-electron chi connectivity index (χ4n) is 2.50. The predicted octanol–water partition coefficient (Wildman–Crippen LogP) is -2.26. The Morgan fingerprint density at radius 2 is 1.91 bits per heavy atom. The summed E-state index contributed by atoms with van der Waals surface area (Å²) in [7, 11) is 16.1. The number of nitrogens with one attached hydrogen (secondary N) is 1. The molecule has 1 fully saturated rings. The second-order valence-electron chi connectivity index (χ2n) is 5.50. The van der Waals surface area contributed by atoms with E-state index in [2.05, 4.69) is 5.48 Å². The van der Waals surface area contributed by atoms with Crippen molar-refractivity contribution in [3.05, 3.63) is 35.9 Å². The molecule has 1 heterocycles. The molecule has 0 aliphatic carbocycles. The largest absolute Gasteiger partial charge is 0.448 e. The molecule has 1 aromatic rings. The number of amides is 1. The van der Waals surface area contributed by atoms with Gasteiger partial charge in [0, 0.05) is 17.1 Å². The van der Waals surface area contributed by atoms with Crippen LogP contribution in [0.15, 0.2) is 30.3 Å². The maximum Gasteiger partial charge on any atom is 0.322 e. The van der Waals surface area contributed by atoms with E-state index in [1.165, 1.54) is 0 Å². The molecule has 0 bridgehead atoms. The lowest BCUT2D eigenvalue weighted by Gasteiger charge is -2.33. The summed E-state index contributed by atoms with van der Waals surface area (Å²) in [5.74, 6) is -0.745. The molecule has 1 aliphatic heterocycles. The molecule has 4 N–H and O–H groups in total. The molecule has 0 aromatic heterocycles. The standard InChI is InChI=1S/C12H13B4NO5/c13-11(14,19)10(12(15,20)16(10)21)6-9(18)17-22-7-8-4-2-1-3-5-8/h1-5,19-21H,6-7H2,(H,17,18). The van der Waals surface area contributed by atoms with Crippen LogP contribution >= 0.6 is 0 Å².